The summed E-state index contributed by atoms with van der Waals surface area (Å²) < 4.78 is 48.6. The number of anilines is 4. The van der Waals surface area contributed by atoms with Crippen molar-refractivity contribution in [2.75, 3.05) is 74.2 Å². The molecule has 3 N–H and O–H groups in total. The van der Waals surface area contributed by atoms with Crippen LogP contribution in [0.25, 0.3) is 11.0 Å². The number of piperidine rings is 1. The zero-order chi connectivity index (χ0) is 46.3. The molecule has 3 aromatic carbocycles. The van der Waals surface area contributed by atoms with E-state index < -0.39 is 31.4 Å². The minimum atomic E-state index is -4.65. The Hall–Kier alpha value is -5.95. The van der Waals surface area contributed by atoms with Crippen molar-refractivity contribution in [2.45, 2.75) is 93.5 Å². The third-order valence-electron chi connectivity index (χ3n) is 15.9. The van der Waals surface area contributed by atoms with Crippen LogP contribution >= 0.6 is 0 Å². The third kappa shape index (κ3) is 7.78. The summed E-state index contributed by atoms with van der Waals surface area (Å²) in [6.07, 6.45) is 10.6. The van der Waals surface area contributed by atoms with Gasteiger partial charge in [0.05, 0.1) is 46.4 Å². The normalized spacial score (nSPS) is 24.7. The first-order valence-electron chi connectivity index (χ1n) is 24.2. The molecule has 0 radical (unpaired) electrons. The topological polar surface area (TPSA) is 188 Å². The van der Waals surface area contributed by atoms with Crippen LogP contribution in [0.4, 0.5) is 28.4 Å². The van der Waals surface area contributed by atoms with Crippen molar-refractivity contribution in [1.82, 2.24) is 24.5 Å². The number of nitrogens with zero attached hydrogens (tertiary/aromatic N) is 6. The minimum absolute atomic E-state index is 0.0348. The summed E-state index contributed by atoms with van der Waals surface area (Å²) in [4.78, 5) is 43.3. The SMILES string of the molecule is Cc1ccccc1[C@@H]1CCCN1C1CC2(CCN(c3ccc(C(=O)NS(=O)(=O)c4cc5c(c([N+](=O)[O-])c4)N[C@H](CN4C[C@H]6C[C@@H]4CO6)CO5)c(N4CCCOc5nc6[nH]ccc6cc54)c3)CC2)C1. The first kappa shape index (κ1) is 43.3. The number of morpholine rings is 1. The highest BCUT2D eigenvalue weighted by Crippen LogP contribution is 2.54. The maximum absolute atomic E-state index is 14.5. The number of benzene rings is 3. The number of aromatic amines is 1. The van der Waals surface area contributed by atoms with Gasteiger partial charge < -0.3 is 34.3 Å². The van der Waals surface area contributed by atoms with Gasteiger partial charge in [-0.05, 0) is 112 Å². The van der Waals surface area contributed by atoms with E-state index in [-0.39, 0.29) is 35.8 Å². The van der Waals surface area contributed by atoms with Crippen molar-refractivity contribution in [3.63, 3.8) is 0 Å². The zero-order valence-corrected chi connectivity index (χ0v) is 39.0. The number of hydrogen-bond acceptors (Lipinski definition) is 14. The van der Waals surface area contributed by atoms with Crippen molar-refractivity contribution in [3.05, 3.63) is 99.7 Å². The van der Waals surface area contributed by atoms with Gasteiger partial charge in [0.25, 0.3) is 21.6 Å². The number of ether oxygens (including phenoxy) is 3. The molecule has 0 unspecified atom stereocenters. The molecule has 68 heavy (non-hydrogen) atoms. The number of nitrogens with one attached hydrogen (secondary N) is 3. The van der Waals surface area contributed by atoms with Crippen LogP contribution in [0.2, 0.25) is 0 Å². The van der Waals surface area contributed by atoms with Crippen LogP contribution in [0.3, 0.4) is 0 Å². The number of amides is 1. The molecule has 8 heterocycles. The number of nitro groups is 1. The monoisotopic (exact) mass is 943 g/mol. The maximum atomic E-state index is 14.5. The Balaban J connectivity index is 0.804. The molecule has 2 aromatic heterocycles. The van der Waals surface area contributed by atoms with Crippen LogP contribution in [0.5, 0.6) is 11.6 Å². The fourth-order valence-electron chi connectivity index (χ4n) is 12.4. The van der Waals surface area contributed by atoms with Gasteiger partial charge in [0.15, 0.2) is 11.4 Å². The molecular weight excluding hydrogens is 887 g/mol. The van der Waals surface area contributed by atoms with Gasteiger partial charge >= 0.3 is 0 Å². The molecule has 4 saturated heterocycles. The van der Waals surface area contributed by atoms with E-state index in [1.54, 1.807) is 6.07 Å². The predicted molar refractivity (Wildman–Crippen MR) is 257 cm³/mol. The number of pyridine rings is 1. The van der Waals surface area contributed by atoms with Crippen molar-refractivity contribution >= 4 is 55.4 Å². The number of aromatic nitrogens is 2. The number of carbonyl (C=O) groups is 1. The number of carbonyl (C=O) groups excluding carboxylic acids is 1. The fourth-order valence-corrected chi connectivity index (χ4v) is 13.4. The average molecular weight is 944 g/mol. The van der Waals surface area contributed by atoms with Crippen LogP contribution in [0.1, 0.15) is 78.9 Å². The van der Waals surface area contributed by atoms with E-state index in [1.807, 2.05) is 35.4 Å². The Kier molecular flexibility index (Phi) is 10.8. The summed E-state index contributed by atoms with van der Waals surface area (Å²) in [6.45, 7) is 8.23. The molecule has 5 aromatic rings. The first-order valence-corrected chi connectivity index (χ1v) is 25.7. The van der Waals surface area contributed by atoms with E-state index in [0.29, 0.717) is 79.2 Å². The van der Waals surface area contributed by atoms with Gasteiger partial charge in [0.1, 0.15) is 17.9 Å². The molecule has 5 fully saturated rings. The Morgan fingerprint density at radius 1 is 0.971 bits per heavy atom. The van der Waals surface area contributed by atoms with Gasteiger partial charge in [-0.2, -0.15) is 4.98 Å². The maximum Gasteiger partial charge on any atom is 0.297 e. The number of likely N-dealkylation sites (tertiary alicyclic amines) is 2. The van der Waals surface area contributed by atoms with E-state index in [4.69, 9.17) is 19.2 Å². The lowest BCUT2D eigenvalue weighted by molar-refractivity contribution is -0.384. The smallest absolute Gasteiger partial charge is 0.297 e. The lowest BCUT2D eigenvalue weighted by Gasteiger charge is -2.56. The molecule has 17 nitrogen and oxygen atoms in total. The van der Waals surface area contributed by atoms with E-state index in [0.717, 1.165) is 62.6 Å². The Morgan fingerprint density at radius 2 is 1.82 bits per heavy atom. The Morgan fingerprint density at radius 3 is 2.62 bits per heavy atom. The van der Waals surface area contributed by atoms with E-state index >= 15 is 0 Å². The molecule has 18 heteroatoms. The molecule has 1 amide bonds. The molecule has 6 aliphatic heterocycles. The van der Waals surface area contributed by atoms with Crippen LogP contribution in [0.15, 0.2) is 77.8 Å². The summed E-state index contributed by atoms with van der Waals surface area (Å²) in [5.41, 5.74) is 5.70. The van der Waals surface area contributed by atoms with Gasteiger partial charge in [-0.15, -0.1) is 0 Å². The number of hydrogen-bond donors (Lipinski definition) is 3. The largest absolute Gasteiger partial charge is 0.489 e. The molecule has 7 aliphatic rings. The number of rotatable bonds is 10. The van der Waals surface area contributed by atoms with Crippen molar-refractivity contribution < 1.29 is 32.3 Å². The summed E-state index contributed by atoms with van der Waals surface area (Å²) in [5.74, 6) is -0.434. The highest BCUT2D eigenvalue weighted by atomic mass is 32.2. The second-order valence-corrected chi connectivity index (χ2v) is 21.7. The lowest BCUT2D eigenvalue weighted by Crippen LogP contribution is -2.54. The van der Waals surface area contributed by atoms with Crippen LogP contribution in [0, 0.1) is 22.5 Å². The summed E-state index contributed by atoms with van der Waals surface area (Å²) in [6, 6.07) is 21.7. The first-order chi connectivity index (χ1) is 33.0. The summed E-state index contributed by atoms with van der Waals surface area (Å²) in [5, 5.41) is 16.6. The fraction of sp³-hybridized carbons (Fsp3) is 0.480. The number of fused-ring (bicyclic) bond motifs is 5. The number of H-pyrrole nitrogens is 1. The Labute approximate surface area is 395 Å². The lowest BCUT2D eigenvalue weighted by atomic mass is 9.59. The van der Waals surface area contributed by atoms with Crippen molar-refractivity contribution in [2.24, 2.45) is 5.41 Å². The van der Waals surface area contributed by atoms with Crippen molar-refractivity contribution in [3.8, 4) is 11.6 Å². The minimum Gasteiger partial charge on any atom is -0.489 e. The van der Waals surface area contributed by atoms with Gasteiger partial charge in [-0.1, -0.05) is 24.3 Å². The van der Waals surface area contributed by atoms with Gasteiger partial charge in [0, 0.05) is 80.3 Å². The zero-order valence-electron chi connectivity index (χ0n) is 38.2. The highest BCUT2D eigenvalue weighted by Gasteiger charge is 2.50. The molecular formula is C50H57N9O8S. The predicted octanol–water partition coefficient (Wildman–Crippen LogP) is 7.05. The number of aryl methyl sites for hydroxylation is 1. The second kappa shape index (κ2) is 16.9. The molecule has 356 valence electrons. The van der Waals surface area contributed by atoms with Gasteiger partial charge in [0.2, 0.25) is 5.88 Å². The molecule has 1 saturated carbocycles. The molecule has 4 atom stereocenters. The molecule has 1 aliphatic carbocycles. The van der Waals surface area contributed by atoms with Crippen LogP contribution in [-0.2, 0) is 14.8 Å². The van der Waals surface area contributed by atoms with Crippen LogP contribution < -0.4 is 29.3 Å². The number of nitro benzene ring substituents is 1. The van der Waals surface area contributed by atoms with Crippen LogP contribution in [-0.4, -0.2) is 122 Å². The average Bonchev–Trinajstić information content (AvgIpc) is 4.15. The number of sulfonamides is 1. The molecule has 2 bridgehead atoms. The Bertz CT molecular complexity index is 2910. The quantitative estimate of drug-likeness (QED) is 0.0955. The molecule has 1 spiro atoms. The van der Waals surface area contributed by atoms with E-state index in [9.17, 15) is 23.3 Å². The standard InChI is InChI=1S/C50H57N9O8S/c1-31-6-2-3-7-39(31)41-8-4-15-57(41)36-25-50(26-36)12-17-55(18-13-50)34-9-10-40(42(22-34)58-16-5-19-65-49-44(58)20-32-11-14-51-47(32)53-49)48(60)54-68(63,64)38-23-43(59(61)62)46-45(24-38)67-29-33(52-46)27-56-28-37-21-35(56)30-66-37/h2-3,6-7,9-11,14,20,22-24,33,35-37,41,52H,4-5,8,12-13,15-19,21,25-30H2,1H3,(H,51,53)(H,54,60)/t33-,35-,37-,41+/m1/s1. The summed E-state index contributed by atoms with van der Waals surface area (Å²) >= 11 is 0. The summed E-state index contributed by atoms with van der Waals surface area (Å²) in [7, 11) is -4.65. The van der Waals surface area contributed by atoms with Crippen molar-refractivity contribution in [1.29, 1.82) is 0 Å². The van der Waals surface area contributed by atoms with Gasteiger partial charge in [-0.3, -0.25) is 24.7 Å². The van der Waals surface area contributed by atoms with E-state index in [1.165, 1.54) is 42.9 Å². The second-order valence-electron chi connectivity index (χ2n) is 20.0. The third-order valence-corrected chi connectivity index (χ3v) is 17.2. The highest BCUT2D eigenvalue weighted by molar-refractivity contribution is 7.90. The molecule has 12 rings (SSSR count). The van der Waals surface area contributed by atoms with E-state index in [2.05, 4.69) is 60.9 Å². The van der Waals surface area contributed by atoms with Gasteiger partial charge in [-0.25, -0.2) is 13.1 Å².